The predicted molar refractivity (Wildman–Crippen MR) is 79.0 cm³/mol. The molecule has 22 heavy (non-hydrogen) atoms. The lowest BCUT2D eigenvalue weighted by atomic mass is 9.83. The Hall–Kier alpha value is -1.62. The second kappa shape index (κ2) is 5.23. The normalized spacial score (nSPS) is 43.3. The van der Waals surface area contributed by atoms with Crippen molar-refractivity contribution >= 4 is 11.9 Å². The predicted octanol–water partition coefficient (Wildman–Crippen LogP) is 2.30. The van der Waals surface area contributed by atoms with E-state index in [9.17, 15) is 9.59 Å². The van der Waals surface area contributed by atoms with Crippen LogP contribution in [0.5, 0.6) is 0 Å². The highest BCUT2D eigenvalue weighted by Crippen LogP contribution is 2.50. The van der Waals surface area contributed by atoms with E-state index in [0.29, 0.717) is 12.0 Å². The second-order valence-electron chi connectivity index (χ2n) is 6.67. The van der Waals surface area contributed by atoms with Gasteiger partial charge in [0.2, 0.25) is 0 Å². The SMILES string of the molecule is C=C1C(=O)O[C@@H]2[C@H]3O[C@]3(C)CC/C=C(/C)[C@H](OC(C)=O)C[C@@H]12. The molecule has 0 unspecified atom stereocenters. The summed E-state index contributed by atoms with van der Waals surface area (Å²) in [4.78, 5) is 23.3. The summed E-state index contributed by atoms with van der Waals surface area (Å²) in [5, 5.41) is 0. The Morgan fingerprint density at radius 1 is 1.50 bits per heavy atom. The summed E-state index contributed by atoms with van der Waals surface area (Å²) in [5.41, 5.74) is 1.22. The van der Waals surface area contributed by atoms with E-state index < -0.39 is 0 Å². The van der Waals surface area contributed by atoms with Crippen LogP contribution in [0.2, 0.25) is 0 Å². The first kappa shape index (κ1) is 15.3. The number of hydrogen-bond acceptors (Lipinski definition) is 5. The Bertz CT molecular complexity index is 563. The van der Waals surface area contributed by atoms with Crippen molar-refractivity contribution in [3.8, 4) is 0 Å². The maximum absolute atomic E-state index is 11.9. The molecule has 0 aromatic heterocycles. The quantitative estimate of drug-likeness (QED) is 0.322. The first-order chi connectivity index (χ1) is 10.3. The van der Waals surface area contributed by atoms with Gasteiger partial charge < -0.3 is 14.2 Å². The van der Waals surface area contributed by atoms with Gasteiger partial charge >= 0.3 is 11.9 Å². The number of hydrogen-bond donors (Lipinski definition) is 0. The monoisotopic (exact) mass is 306 g/mol. The van der Waals surface area contributed by atoms with Crippen molar-refractivity contribution in [3.05, 3.63) is 23.8 Å². The van der Waals surface area contributed by atoms with Crippen molar-refractivity contribution in [3.63, 3.8) is 0 Å². The third kappa shape index (κ3) is 2.58. The fourth-order valence-electron chi connectivity index (χ4n) is 3.53. The van der Waals surface area contributed by atoms with Gasteiger partial charge in [-0.25, -0.2) is 4.79 Å². The summed E-state index contributed by atoms with van der Waals surface area (Å²) in [7, 11) is 0. The molecule has 5 nitrogen and oxygen atoms in total. The minimum atomic E-state index is -0.365. The number of fused-ring (bicyclic) bond motifs is 3. The van der Waals surface area contributed by atoms with E-state index in [2.05, 4.69) is 19.6 Å². The van der Waals surface area contributed by atoms with Crippen molar-refractivity contribution < 1.29 is 23.8 Å². The number of allylic oxidation sites excluding steroid dienone is 1. The molecular formula is C17H22O5. The Balaban J connectivity index is 1.91. The van der Waals surface area contributed by atoms with Crippen molar-refractivity contribution in [2.45, 2.75) is 63.9 Å². The molecule has 5 atom stereocenters. The fraction of sp³-hybridized carbons (Fsp3) is 0.647. The topological polar surface area (TPSA) is 65.1 Å². The molecule has 120 valence electrons. The van der Waals surface area contributed by atoms with Gasteiger partial charge in [-0.15, -0.1) is 0 Å². The molecule has 0 amide bonds. The van der Waals surface area contributed by atoms with Crippen LogP contribution in [-0.2, 0) is 23.8 Å². The number of ether oxygens (including phenoxy) is 3. The average Bonchev–Trinajstić information content (AvgIpc) is 3.02. The van der Waals surface area contributed by atoms with Crippen LogP contribution in [-0.4, -0.2) is 35.9 Å². The van der Waals surface area contributed by atoms with E-state index in [4.69, 9.17) is 14.2 Å². The molecule has 3 rings (SSSR count). The number of esters is 2. The van der Waals surface area contributed by atoms with E-state index in [1.54, 1.807) is 0 Å². The zero-order valence-electron chi connectivity index (χ0n) is 13.3. The van der Waals surface area contributed by atoms with Gasteiger partial charge in [-0.2, -0.15) is 0 Å². The lowest BCUT2D eigenvalue weighted by molar-refractivity contribution is -0.146. The highest BCUT2D eigenvalue weighted by atomic mass is 16.6. The molecule has 3 aliphatic rings. The molecule has 2 heterocycles. The number of carbonyl (C=O) groups excluding carboxylic acids is 2. The van der Waals surface area contributed by atoms with Crippen LogP contribution in [0.1, 0.15) is 40.0 Å². The van der Waals surface area contributed by atoms with Gasteiger partial charge in [0.1, 0.15) is 18.3 Å². The van der Waals surface area contributed by atoms with Crippen molar-refractivity contribution in [1.82, 2.24) is 0 Å². The van der Waals surface area contributed by atoms with Crippen LogP contribution < -0.4 is 0 Å². The summed E-state index contributed by atoms with van der Waals surface area (Å²) in [5.74, 6) is -0.866. The van der Waals surface area contributed by atoms with Crippen LogP contribution in [0.3, 0.4) is 0 Å². The molecule has 0 aromatic carbocycles. The van der Waals surface area contributed by atoms with E-state index in [-0.39, 0.29) is 41.8 Å². The molecule has 2 aliphatic heterocycles. The van der Waals surface area contributed by atoms with E-state index in [0.717, 1.165) is 18.4 Å². The van der Waals surface area contributed by atoms with Gasteiger partial charge in [0.05, 0.1) is 5.60 Å². The average molecular weight is 306 g/mol. The highest BCUT2D eigenvalue weighted by molar-refractivity contribution is 5.91. The smallest absolute Gasteiger partial charge is 0.334 e. The standard InChI is InChI=1S/C17H22O5/c1-9-6-5-7-17(4)15(22-17)14-12(10(2)16(19)21-14)8-13(9)20-11(3)18/h6,12-15H,2,5,7-8H2,1,3-4H3/b9-6-/t12-,13+,14-,15+,17+/m0/s1. The molecule has 1 aliphatic carbocycles. The van der Waals surface area contributed by atoms with Gasteiger partial charge in [0.25, 0.3) is 0 Å². The molecule has 2 fully saturated rings. The minimum Gasteiger partial charge on any atom is -0.458 e. The Labute approximate surface area is 130 Å². The molecule has 5 heteroatoms. The lowest BCUT2D eigenvalue weighted by Crippen LogP contribution is -2.32. The molecule has 0 aromatic rings. The third-order valence-electron chi connectivity index (χ3n) is 4.98. The summed E-state index contributed by atoms with van der Waals surface area (Å²) in [6.07, 6.45) is 3.54. The van der Waals surface area contributed by atoms with Crippen LogP contribution in [0, 0.1) is 5.92 Å². The minimum absolute atomic E-state index is 0.0921. The Morgan fingerprint density at radius 3 is 2.91 bits per heavy atom. The molecule has 0 radical (unpaired) electrons. The molecular weight excluding hydrogens is 284 g/mol. The summed E-state index contributed by atoms with van der Waals surface area (Å²) in [6.45, 7) is 9.28. The van der Waals surface area contributed by atoms with Crippen molar-refractivity contribution in [2.24, 2.45) is 5.92 Å². The van der Waals surface area contributed by atoms with Gasteiger partial charge in [0, 0.05) is 18.4 Å². The summed E-state index contributed by atoms with van der Waals surface area (Å²) in [6, 6.07) is 0. The molecule has 2 saturated heterocycles. The van der Waals surface area contributed by atoms with E-state index in [1.165, 1.54) is 6.92 Å². The Morgan fingerprint density at radius 2 is 2.23 bits per heavy atom. The lowest BCUT2D eigenvalue weighted by Gasteiger charge is -2.25. The fourth-order valence-corrected chi connectivity index (χ4v) is 3.53. The van der Waals surface area contributed by atoms with Crippen LogP contribution in [0.4, 0.5) is 0 Å². The van der Waals surface area contributed by atoms with E-state index >= 15 is 0 Å². The summed E-state index contributed by atoms with van der Waals surface area (Å²) >= 11 is 0. The maximum atomic E-state index is 11.9. The maximum Gasteiger partial charge on any atom is 0.334 e. The highest BCUT2D eigenvalue weighted by Gasteiger charge is 2.61. The molecule has 0 saturated carbocycles. The van der Waals surface area contributed by atoms with Crippen molar-refractivity contribution in [2.75, 3.05) is 0 Å². The molecule has 0 bridgehead atoms. The number of rotatable bonds is 1. The third-order valence-corrected chi connectivity index (χ3v) is 4.98. The summed E-state index contributed by atoms with van der Waals surface area (Å²) < 4.78 is 16.8. The van der Waals surface area contributed by atoms with Gasteiger partial charge in [-0.3, -0.25) is 4.79 Å². The van der Waals surface area contributed by atoms with Crippen LogP contribution in [0.25, 0.3) is 0 Å². The zero-order chi connectivity index (χ0) is 16.1. The largest absolute Gasteiger partial charge is 0.458 e. The van der Waals surface area contributed by atoms with Gasteiger partial charge in [0.15, 0.2) is 0 Å². The first-order valence-electron chi connectivity index (χ1n) is 7.73. The number of carbonyl (C=O) groups is 2. The Kier molecular flexibility index (Phi) is 3.63. The second-order valence-corrected chi connectivity index (χ2v) is 6.67. The van der Waals surface area contributed by atoms with Gasteiger partial charge in [-0.1, -0.05) is 12.7 Å². The van der Waals surface area contributed by atoms with Gasteiger partial charge in [-0.05, 0) is 38.7 Å². The molecule has 0 spiro atoms. The van der Waals surface area contributed by atoms with Crippen LogP contribution in [0.15, 0.2) is 23.8 Å². The van der Waals surface area contributed by atoms with Crippen molar-refractivity contribution in [1.29, 1.82) is 0 Å². The number of epoxide rings is 1. The van der Waals surface area contributed by atoms with E-state index in [1.807, 2.05) is 6.92 Å². The zero-order valence-corrected chi connectivity index (χ0v) is 13.3. The first-order valence-corrected chi connectivity index (χ1v) is 7.73. The van der Waals surface area contributed by atoms with Crippen LogP contribution >= 0.6 is 0 Å². The molecule has 0 N–H and O–H groups in total.